The molecule has 1 fully saturated rings. The minimum Gasteiger partial charge on any atom is -0.337 e. The van der Waals surface area contributed by atoms with E-state index in [9.17, 15) is 10.1 Å². The minimum absolute atomic E-state index is 0.163. The number of nitriles is 1. The quantitative estimate of drug-likeness (QED) is 0.826. The van der Waals surface area contributed by atoms with Gasteiger partial charge in [-0.2, -0.15) is 9.94 Å². The first-order valence-corrected chi connectivity index (χ1v) is 9.23. The number of amides is 1. The molecule has 0 spiro atoms. The van der Waals surface area contributed by atoms with Crippen LogP contribution in [-0.2, 0) is 4.79 Å². The molecule has 0 unspecified atom stereocenters. The number of nitrogens with one attached hydrogen (secondary N) is 1. The van der Waals surface area contributed by atoms with Crippen molar-refractivity contribution in [2.45, 2.75) is 50.2 Å². The van der Waals surface area contributed by atoms with Crippen LogP contribution in [-0.4, -0.2) is 37.4 Å². The van der Waals surface area contributed by atoms with Gasteiger partial charge >= 0.3 is 0 Å². The topological polar surface area (TPSA) is 96.5 Å². The van der Waals surface area contributed by atoms with Crippen molar-refractivity contribution in [2.75, 3.05) is 5.75 Å². The summed E-state index contributed by atoms with van der Waals surface area (Å²) in [6.07, 6.45) is 3.40. The van der Waals surface area contributed by atoms with Gasteiger partial charge in [0.2, 0.25) is 11.1 Å². The van der Waals surface area contributed by atoms with Gasteiger partial charge in [0, 0.05) is 0 Å². The number of tetrazole rings is 1. The van der Waals surface area contributed by atoms with Crippen LogP contribution in [0.4, 0.5) is 0 Å². The van der Waals surface area contributed by atoms with Crippen molar-refractivity contribution >= 4 is 17.7 Å². The first-order chi connectivity index (χ1) is 12.0. The molecule has 3 rings (SSSR count). The molecule has 25 heavy (non-hydrogen) atoms. The van der Waals surface area contributed by atoms with Crippen LogP contribution in [0.2, 0.25) is 0 Å². The summed E-state index contributed by atoms with van der Waals surface area (Å²) < 4.78 is 1.64. The number of benzene rings is 1. The van der Waals surface area contributed by atoms with Gasteiger partial charge in [-0.3, -0.25) is 4.79 Å². The van der Waals surface area contributed by atoms with Crippen LogP contribution in [0.3, 0.4) is 0 Å². The Morgan fingerprint density at radius 2 is 2.16 bits per heavy atom. The van der Waals surface area contributed by atoms with Crippen LogP contribution >= 0.6 is 11.8 Å². The molecule has 1 aliphatic rings. The van der Waals surface area contributed by atoms with E-state index in [4.69, 9.17) is 0 Å². The van der Waals surface area contributed by atoms with Gasteiger partial charge in [0.1, 0.15) is 5.54 Å². The molecule has 0 atom stereocenters. The fraction of sp³-hybridized carbons (Fsp3) is 0.471. The SMILES string of the molecule is Cc1ccc(-n2nnnc2SCC(=O)NC2(C#N)CCCC2)c(C)c1. The van der Waals surface area contributed by atoms with Crippen molar-refractivity contribution < 1.29 is 4.79 Å². The lowest BCUT2D eigenvalue weighted by atomic mass is 10.0. The van der Waals surface area contributed by atoms with Crippen LogP contribution < -0.4 is 5.32 Å². The monoisotopic (exact) mass is 356 g/mol. The molecule has 0 bridgehead atoms. The second kappa shape index (κ2) is 7.23. The Morgan fingerprint density at radius 3 is 2.84 bits per heavy atom. The molecule has 8 heteroatoms. The number of aryl methyl sites for hydroxylation is 2. The zero-order valence-electron chi connectivity index (χ0n) is 14.3. The number of thioether (sulfide) groups is 1. The maximum Gasteiger partial charge on any atom is 0.231 e. The summed E-state index contributed by atoms with van der Waals surface area (Å²) >= 11 is 1.27. The maximum absolute atomic E-state index is 12.3. The van der Waals surface area contributed by atoms with Crippen molar-refractivity contribution in [3.05, 3.63) is 29.3 Å². The molecule has 1 saturated carbocycles. The smallest absolute Gasteiger partial charge is 0.231 e. The van der Waals surface area contributed by atoms with Crippen LogP contribution in [0.1, 0.15) is 36.8 Å². The summed E-state index contributed by atoms with van der Waals surface area (Å²) in [5, 5.41) is 24.6. The van der Waals surface area contributed by atoms with Crippen molar-refractivity contribution in [1.29, 1.82) is 5.26 Å². The molecular weight excluding hydrogens is 336 g/mol. The lowest BCUT2D eigenvalue weighted by molar-refractivity contribution is -0.119. The molecule has 0 radical (unpaired) electrons. The molecule has 0 saturated heterocycles. The van der Waals surface area contributed by atoms with Crippen molar-refractivity contribution in [1.82, 2.24) is 25.5 Å². The number of hydrogen-bond donors (Lipinski definition) is 1. The summed E-state index contributed by atoms with van der Waals surface area (Å²) in [4.78, 5) is 12.3. The van der Waals surface area contributed by atoms with Gasteiger partial charge in [-0.1, -0.05) is 29.5 Å². The maximum atomic E-state index is 12.3. The molecule has 1 aliphatic carbocycles. The highest BCUT2D eigenvalue weighted by Crippen LogP contribution is 2.29. The van der Waals surface area contributed by atoms with Crippen LogP contribution in [0, 0.1) is 25.2 Å². The van der Waals surface area contributed by atoms with Crippen molar-refractivity contribution in [3.63, 3.8) is 0 Å². The third kappa shape index (κ3) is 3.82. The third-order valence-electron chi connectivity index (χ3n) is 4.40. The Hall–Kier alpha value is -2.40. The predicted octanol–water partition coefficient (Wildman–Crippen LogP) is 2.32. The molecule has 2 aromatic rings. The zero-order valence-corrected chi connectivity index (χ0v) is 15.1. The fourth-order valence-corrected chi connectivity index (χ4v) is 3.82. The lowest BCUT2D eigenvalue weighted by Gasteiger charge is -2.21. The van der Waals surface area contributed by atoms with E-state index < -0.39 is 5.54 Å². The second-order valence-corrected chi connectivity index (χ2v) is 7.34. The van der Waals surface area contributed by atoms with Gasteiger partial charge in [0.15, 0.2) is 0 Å². The van der Waals surface area contributed by atoms with Gasteiger partial charge in [-0.15, -0.1) is 5.10 Å². The first-order valence-electron chi connectivity index (χ1n) is 8.24. The van der Waals surface area contributed by atoms with E-state index in [0.29, 0.717) is 5.16 Å². The fourth-order valence-electron chi connectivity index (χ4n) is 3.14. The molecule has 1 N–H and O–H groups in total. The summed E-state index contributed by atoms with van der Waals surface area (Å²) in [6, 6.07) is 8.30. The first kappa shape index (κ1) is 17.4. The standard InChI is InChI=1S/C17H20N6OS/c1-12-5-6-14(13(2)9-12)23-16(20-21-22-23)25-10-15(24)19-17(11-18)7-3-4-8-17/h5-6,9H,3-4,7-8,10H2,1-2H3,(H,19,24). The second-order valence-electron chi connectivity index (χ2n) is 6.40. The summed E-state index contributed by atoms with van der Waals surface area (Å²) in [6.45, 7) is 4.03. The van der Waals surface area contributed by atoms with Gasteiger partial charge in [-0.25, -0.2) is 0 Å². The number of rotatable bonds is 5. The number of nitrogens with zero attached hydrogens (tertiary/aromatic N) is 5. The van der Waals surface area contributed by atoms with Crippen molar-refractivity contribution in [3.8, 4) is 11.8 Å². The van der Waals surface area contributed by atoms with E-state index in [0.717, 1.165) is 36.9 Å². The molecule has 130 valence electrons. The van der Waals surface area contributed by atoms with Crippen LogP contribution in [0.5, 0.6) is 0 Å². The number of aromatic nitrogens is 4. The van der Waals surface area contributed by atoms with Gasteiger partial charge in [0.25, 0.3) is 0 Å². The Labute approximate surface area is 150 Å². The highest BCUT2D eigenvalue weighted by Gasteiger charge is 2.35. The molecule has 7 nitrogen and oxygen atoms in total. The Kier molecular flexibility index (Phi) is 5.04. The molecule has 0 aliphatic heterocycles. The Morgan fingerprint density at radius 1 is 1.40 bits per heavy atom. The van der Waals surface area contributed by atoms with E-state index in [2.05, 4.69) is 33.0 Å². The molecule has 1 amide bonds. The lowest BCUT2D eigenvalue weighted by Crippen LogP contribution is -2.45. The van der Waals surface area contributed by atoms with E-state index in [1.165, 1.54) is 17.3 Å². The normalized spacial score (nSPS) is 15.7. The number of hydrogen-bond acceptors (Lipinski definition) is 6. The Bertz CT molecular complexity index is 819. The van der Waals surface area contributed by atoms with E-state index in [-0.39, 0.29) is 11.7 Å². The number of carbonyl (C=O) groups is 1. The zero-order chi connectivity index (χ0) is 17.9. The molecule has 1 heterocycles. The van der Waals surface area contributed by atoms with Gasteiger partial charge in [0.05, 0.1) is 17.5 Å². The third-order valence-corrected chi connectivity index (χ3v) is 5.32. The molecular formula is C17H20N6OS. The highest BCUT2D eigenvalue weighted by atomic mass is 32.2. The average molecular weight is 356 g/mol. The predicted molar refractivity (Wildman–Crippen MR) is 94.3 cm³/mol. The largest absolute Gasteiger partial charge is 0.337 e. The van der Waals surface area contributed by atoms with E-state index >= 15 is 0 Å². The minimum atomic E-state index is -0.697. The van der Waals surface area contributed by atoms with Crippen LogP contribution in [0.15, 0.2) is 23.4 Å². The van der Waals surface area contributed by atoms with Gasteiger partial charge in [-0.05, 0) is 61.6 Å². The molecule has 1 aromatic carbocycles. The van der Waals surface area contributed by atoms with E-state index in [1.54, 1.807) is 4.68 Å². The average Bonchev–Trinajstić information content (AvgIpc) is 3.23. The van der Waals surface area contributed by atoms with E-state index in [1.807, 2.05) is 26.0 Å². The highest BCUT2D eigenvalue weighted by molar-refractivity contribution is 7.99. The summed E-state index contributed by atoms with van der Waals surface area (Å²) in [5.74, 6) is 0.0120. The van der Waals surface area contributed by atoms with Crippen LogP contribution in [0.25, 0.3) is 5.69 Å². The Balaban J connectivity index is 1.68. The summed E-state index contributed by atoms with van der Waals surface area (Å²) in [5.41, 5.74) is 2.42. The van der Waals surface area contributed by atoms with Crippen molar-refractivity contribution in [2.24, 2.45) is 0 Å². The number of carbonyl (C=O) groups excluding carboxylic acids is 1. The van der Waals surface area contributed by atoms with Gasteiger partial charge < -0.3 is 5.32 Å². The summed E-state index contributed by atoms with van der Waals surface area (Å²) in [7, 11) is 0. The molecule has 1 aromatic heterocycles.